The van der Waals surface area contributed by atoms with Crippen molar-refractivity contribution in [2.24, 2.45) is 5.92 Å². The number of imidazole rings is 1. The van der Waals surface area contributed by atoms with E-state index in [0.717, 1.165) is 88.1 Å². The molecule has 4 aromatic rings. The van der Waals surface area contributed by atoms with Gasteiger partial charge in [0.05, 0.1) is 5.56 Å². The topological polar surface area (TPSA) is 99.4 Å². The van der Waals surface area contributed by atoms with E-state index in [1.54, 1.807) is 0 Å². The molecule has 12 heteroatoms. The van der Waals surface area contributed by atoms with Gasteiger partial charge in [-0.25, -0.2) is 19.7 Å². The molecule has 0 unspecified atom stereocenters. The smallest absolute Gasteiger partial charge is 0.416 e. The standard InChI is InChI=1S/C34H40F3N7O2/c1-22-6-3-9-25(20-22)32-41-30-28(44(32)21-23-11-13-26(14-12-23)34(35,36)37)29(39-31(40-30)33(45)46)38-27(24-7-4-8-24)10-5-15-43-18-16-42(2)17-19-43/h3,6,9,11-14,20,24,27H,4-5,7-8,10,15-19,21H2,1-2H3,(H,45,46)(H,38,39,40)/t27-/m1/s1. The first-order valence-electron chi connectivity index (χ1n) is 16.0. The molecule has 1 saturated heterocycles. The van der Waals surface area contributed by atoms with Gasteiger partial charge in [-0.15, -0.1) is 0 Å². The second-order valence-electron chi connectivity index (χ2n) is 12.7. The summed E-state index contributed by atoms with van der Waals surface area (Å²) in [5, 5.41) is 13.6. The Morgan fingerprint density at radius 2 is 1.78 bits per heavy atom. The third kappa shape index (κ3) is 7.18. The van der Waals surface area contributed by atoms with E-state index in [4.69, 9.17) is 4.98 Å². The van der Waals surface area contributed by atoms with Gasteiger partial charge in [-0.05, 0) is 75.9 Å². The number of aromatic carboxylic acids is 1. The predicted octanol–water partition coefficient (Wildman–Crippen LogP) is 6.18. The number of likely N-dealkylation sites (N-methyl/N-ethyl adjacent to an activating group) is 1. The molecule has 2 aromatic carbocycles. The average molecular weight is 636 g/mol. The van der Waals surface area contributed by atoms with Crippen molar-refractivity contribution in [2.45, 2.75) is 57.8 Å². The highest BCUT2D eigenvalue weighted by Crippen LogP contribution is 2.36. The zero-order valence-corrected chi connectivity index (χ0v) is 26.2. The zero-order valence-electron chi connectivity index (χ0n) is 26.2. The van der Waals surface area contributed by atoms with Crippen molar-refractivity contribution in [3.63, 3.8) is 0 Å². The minimum atomic E-state index is -4.44. The fourth-order valence-corrected chi connectivity index (χ4v) is 6.42. The molecule has 2 N–H and O–H groups in total. The molecule has 1 aliphatic carbocycles. The van der Waals surface area contributed by atoms with Gasteiger partial charge in [0.1, 0.15) is 11.3 Å². The highest BCUT2D eigenvalue weighted by molar-refractivity contribution is 5.92. The van der Waals surface area contributed by atoms with Crippen LogP contribution in [-0.4, -0.2) is 86.2 Å². The molecule has 2 aromatic heterocycles. The summed E-state index contributed by atoms with van der Waals surface area (Å²) in [5.41, 5.74) is 2.47. The average Bonchev–Trinajstić information content (AvgIpc) is 3.35. The molecule has 1 aliphatic heterocycles. The number of fused-ring (bicyclic) bond motifs is 1. The summed E-state index contributed by atoms with van der Waals surface area (Å²) in [7, 11) is 2.15. The summed E-state index contributed by atoms with van der Waals surface area (Å²) in [6, 6.07) is 12.9. The van der Waals surface area contributed by atoms with E-state index in [0.29, 0.717) is 28.6 Å². The van der Waals surface area contributed by atoms with E-state index in [2.05, 4.69) is 32.1 Å². The molecule has 46 heavy (non-hydrogen) atoms. The minimum Gasteiger partial charge on any atom is -0.475 e. The number of aryl methyl sites for hydroxylation is 1. The van der Waals surface area contributed by atoms with Crippen molar-refractivity contribution >= 4 is 23.0 Å². The van der Waals surface area contributed by atoms with Crippen molar-refractivity contribution in [1.29, 1.82) is 0 Å². The maximum Gasteiger partial charge on any atom is 0.416 e. The molecular weight excluding hydrogens is 595 g/mol. The lowest BCUT2D eigenvalue weighted by molar-refractivity contribution is -0.137. The lowest BCUT2D eigenvalue weighted by Gasteiger charge is -2.36. The summed E-state index contributed by atoms with van der Waals surface area (Å²) in [6.45, 7) is 7.39. The zero-order chi connectivity index (χ0) is 32.4. The summed E-state index contributed by atoms with van der Waals surface area (Å²) in [6.07, 6.45) is 0.799. The quantitative estimate of drug-likeness (QED) is 0.202. The van der Waals surface area contributed by atoms with Crippen molar-refractivity contribution in [1.82, 2.24) is 29.3 Å². The Bertz CT molecular complexity index is 1680. The summed E-state index contributed by atoms with van der Waals surface area (Å²) in [5.74, 6) is -0.247. The molecule has 244 valence electrons. The number of piperazine rings is 1. The van der Waals surface area contributed by atoms with E-state index in [1.807, 2.05) is 35.8 Å². The SMILES string of the molecule is Cc1cccc(-c2nc3nc(C(=O)O)nc(N[C@H](CCCN4CCN(C)CC4)C4CCC4)c3n2Cc2ccc(C(F)(F)F)cc2)c1. The maximum absolute atomic E-state index is 13.3. The number of rotatable bonds is 11. The van der Waals surface area contributed by atoms with Gasteiger partial charge in [0, 0.05) is 44.3 Å². The Kier molecular flexibility index (Phi) is 9.28. The molecule has 0 radical (unpaired) electrons. The van der Waals surface area contributed by atoms with Gasteiger partial charge in [-0.2, -0.15) is 13.2 Å². The lowest BCUT2D eigenvalue weighted by atomic mass is 9.78. The lowest BCUT2D eigenvalue weighted by Crippen LogP contribution is -2.45. The van der Waals surface area contributed by atoms with Crippen molar-refractivity contribution in [2.75, 3.05) is 45.1 Å². The second-order valence-corrected chi connectivity index (χ2v) is 12.7. The first kappa shape index (κ1) is 31.9. The Morgan fingerprint density at radius 3 is 2.41 bits per heavy atom. The fourth-order valence-electron chi connectivity index (χ4n) is 6.42. The van der Waals surface area contributed by atoms with E-state index >= 15 is 0 Å². The third-order valence-electron chi connectivity index (χ3n) is 9.32. The van der Waals surface area contributed by atoms with Crippen LogP contribution in [0, 0.1) is 12.8 Å². The number of hydrogen-bond donors (Lipinski definition) is 2. The highest BCUT2D eigenvalue weighted by Gasteiger charge is 2.31. The summed E-state index contributed by atoms with van der Waals surface area (Å²) < 4.78 is 41.9. The van der Waals surface area contributed by atoms with Crippen LogP contribution in [0.1, 0.15) is 59.4 Å². The highest BCUT2D eigenvalue weighted by atomic mass is 19.4. The Balaban J connectivity index is 1.39. The number of anilines is 1. The molecule has 0 spiro atoms. The fraction of sp³-hybridized carbons (Fsp3) is 0.471. The van der Waals surface area contributed by atoms with Crippen LogP contribution in [0.2, 0.25) is 0 Å². The number of carbonyl (C=O) groups is 1. The van der Waals surface area contributed by atoms with Crippen molar-refractivity contribution < 1.29 is 23.1 Å². The number of nitrogens with one attached hydrogen (secondary N) is 1. The molecule has 6 rings (SSSR count). The normalized spacial score (nSPS) is 17.2. The van der Waals surface area contributed by atoms with Gasteiger partial charge in [-0.1, -0.05) is 42.3 Å². The first-order valence-corrected chi connectivity index (χ1v) is 16.0. The maximum atomic E-state index is 13.3. The monoisotopic (exact) mass is 635 g/mol. The van der Waals surface area contributed by atoms with Crippen LogP contribution < -0.4 is 5.32 Å². The number of alkyl halides is 3. The van der Waals surface area contributed by atoms with Crippen LogP contribution in [0.15, 0.2) is 48.5 Å². The molecule has 9 nitrogen and oxygen atoms in total. The van der Waals surface area contributed by atoms with Gasteiger partial charge in [0.15, 0.2) is 11.5 Å². The number of carboxylic acids is 1. The minimum absolute atomic E-state index is 0.0813. The van der Waals surface area contributed by atoms with E-state index in [9.17, 15) is 23.1 Å². The van der Waals surface area contributed by atoms with Gasteiger partial charge in [0.2, 0.25) is 5.82 Å². The molecular formula is C34H40F3N7O2. The van der Waals surface area contributed by atoms with Crippen molar-refractivity contribution in [3.05, 3.63) is 71.0 Å². The van der Waals surface area contributed by atoms with Gasteiger partial charge in [-0.3, -0.25) is 0 Å². The first-order chi connectivity index (χ1) is 22.0. The number of nitrogens with zero attached hydrogens (tertiary/aromatic N) is 6. The van der Waals surface area contributed by atoms with Gasteiger partial charge >= 0.3 is 12.1 Å². The molecule has 1 saturated carbocycles. The van der Waals surface area contributed by atoms with Crippen LogP contribution in [-0.2, 0) is 12.7 Å². The third-order valence-corrected chi connectivity index (χ3v) is 9.32. The summed E-state index contributed by atoms with van der Waals surface area (Å²) in [4.78, 5) is 30.7. The Morgan fingerprint density at radius 1 is 1.04 bits per heavy atom. The van der Waals surface area contributed by atoms with Crippen LogP contribution in [0.5, 0.6) is 0 Å². The summed E-state index contributed by atoms with van der Waals surface area (Å²) >= 11 is 0. The Labute approximate surface area is 266 Å². The van der Waals surface area contributed by atoms with E-state index in [1.165, 1.54) is 12.1 Å². The second kappa shape index (κ2) is 13.4. The number of carboxylic acid groups (broad SMARTS) is 1. The molecule has 3 heterocycles. The van der Waals surface area contributed by atoms with E-state index < -0.39 is 17.7 Å². The number of aromatic nitrogens is 4. The predicted molar refractivity (Wildman–Crippen MR) is 171 cm³/mol. The van der Waals surface area contributed by atoms with Crippen LogP contribution in [0.25, 0.3) is 22.6 Å². The van der Waals surface area contributed by atoms with Crippen LogP contribution in [0.4, 0.5) is 19.0 Å². The van der Waals surface area contributed by atoms with Crippen LogP contribution >= 0.6 is 0 Å². The van der Waals surface area contributed by atoms with Crippen LogP contribution in [0.3, 0.4) is 0 Å². The molecule has 0 amide bonds. The van der Waals surface area contributed by atoms with Crippen molar-refractivity contribution in [3.8, 4) is 11.4 Å². The molecule has 1 atom stereocenters. The number of hydrogen-bond acceptors (Lipinski definition) is 7. The number of halogens is 3. The van der Waals surface area contributed by atoms with E-state index in [-0.39, 0.29) is 24.1 Å². The Hall–Kier alpha value is -4.03. The molecule has 2 fully saturated rings. The molecule has 2 aliphatic rings. The number of benzene rings is 2. The van der Waals surface area contributed by atoms with Gasteiger partial charge < -0.3 is 24.8 Å². The largest absolute Gasteiger partial charge is 0.475 e. The molecule has 0 bridgehead atoms. The van der Waals surface area contributed by atoms with Gasteiger partial charge in [0.25, 0.3) is 0 Å².